The number of rotatable bonds is 6. The van der Waals surface area contributed by atoms with Crippen molar-refractivity contribution < 1.29 is 4.39 Å². The minimum absolute atomic E-state index is 0.0399. The predicted octanol–water partition coefficient (Wildman–Crippen LogP) is 5.42. The molecule has 37 heavy (non-hydrogen) atoms. The molecule has 1 aromatic carbocycles. The van der Waals surface area contributed by atoms with Gasteiger partial charge in [0.15, 0.2) is 11.6 Å². The Morgan fingerprint density at radius 3 is 2.35 bits per heavy atom. The Morgan fingerprint density at radius 1 is 1.05 bits per heavy atom. The molecule has 0 atom stereocenters. The molecule has 8 nitrogen and oxygen atoms in total. The van der Waals surface area contributed by atoms with E-state index in [1.807, 2.05) is 43.3 Å². The zero-order chi connectivity index (χ0) is 27.0. The third kappa shape index (κ3) is 5.65. The van der Waals surface area contributed by atoms with Crippen LogP contribution in [0.5, 0.6) is 0 Å². The van der Waals surface area contributed by atoms with E-state index >= 15 is 0 Å². The largest absolute Gasteiger partial charge is 0.365 e. The predicted molar refractivity (Wildman–Crippen MR) is 147 cm³/mol. The fourth-order valence-electron chi connectivity index (χ4n) is 5.10. The van der Waals surface area contributed by atoms with Gasteiger partial charge in [0.1, 0.15) is 5.82 Å². The van der Waals surface area contributed by atoms with Gasteiger partial charge in [-0.25, -0.2) is 14.4 Å². The summed E-state index contributed by atoms with van der Waals surface area (Å²) in [4.78, 5) is 17.3. The summed E-state index contributed by atoms with van der Waals surface area (Å²) in [5.41, 5.74) is 2.67. The van der Waals surface area contributed by atoms with E-state index < -0.39 is 5.82 Å². The van der Waals surface area contributed by atoms with E-state index in [0.717, 1.165) is 29.8 Å². The van der Waals surface area contributed by atoms with Crippen molar-refractivity contribution in [1.29, 1.82) is 5.26 Å². The highest BCUT2D eigenvalue weighted by Crippen LogP contribution is 2.38. The number of aromatic nitrogens is 3. The highest BCUT2D eigenvalue weighted by atomic mass is 19.1. The average molecular weight is 503 g/mol. The zero-order valence-electron chi connectivity index (χ0n) is 22.6. The molecule has 0 radical (unpaired) electrons. The normalized spacial score (nSPS) is 17.2. The van der Waals surface area contributed by atoms with Crippen LogP contribution in [0.15, 0.2) is 42.7 Å². The monoisotopic (exact) mass is 502 g/mol. The molecule has 0 spiro atoms. The van der Waals surface area contributed by atoms with E-state index in [2.05, 4.69) is 71.3 Å². The summed E-state index contributed by atoms with van der Waals surface area (Å²) in [6.45, 7) is 8.81. The van der Waals surface area contributed by atoms with Gasteiger partial charge in [0, 0.05) is 54.2 Å². The van der Waals surface area contributed by atoms with Gasteiger partial charge in [0.05, 0.1) is 17.8 Å². The Morgan fingerprint density at radius 2 is 1.76 bits per heavy atom. The van der Waals surface area contributed by atoms with E-state index in [9.17, 15) is 9.65 Å². The van der Waals surface area contributed by atoms with Crippen molar-refractivity contribution >= 4 is 23.3 Å². The van der Waals surface area contributed by atoms with Crippen molar-refractivity contribution in [3.63, 3.8) is 0 Å². The Labute approximate surface area is 218 Å². The SMILES string of the molecule is CN(C)c1ccc(-c2ccc(Nc3ncc(F)c(NC4CC(C)(C)N(C)C(C)(C)C4)n3)cc2C#N)cn1. The summed E-state index contributed by atoms with van der Waals surface area (Å²) < 4.78 is 14.7. The van der Waals surface area contributed by atoms with Crippen LogP contribution in [0.3, 0.4) is 0 Å². The molecule has 194 valence electrons. The maximum Gasteiger partial charge on any atom is 0.229 e. The molecule has 2 N–H and O–H groups in total. The molecule has 9 heteroatoms. The van der Waals surface area contributed by atoms with Crippen LogP contribution < -0.4 is 15.5 Å². The lowest BCUT2D eigenvalue weighted by molar-refractivity contribution is -0.00778. The topological polar surface area (TPSA) is 93.0 Å². The van der Waals surface area contributed by atoms with Crippen LogP contribution in [0.4, 0.5) is 27.7 Å². The number of benzene rings is 1. The van der Waals surface area contributed by atoms with Gasteiger partial charge in [-0.2, -0.15) is 10.2 Å². The molecule has 0 unspecified atom stereocenters. The van der Waals surface area contributed by atoms with Crippen LogP contribution in [0, 0.1) is 17.1 Å². The third-order valence-electron chi connectivity index (χ3n) is 7.31. The minimum atomic E-state index is -0.498. The van der Waals surface area contributed by atoms with Crippen LogP contribution in [0.2, 0.25) is 0 Å². The summed E-state index contributed by atoms with van der Waals surface area (Å²) in [5, 5.41) is 16.2. The molecular formula is C28H35FN8. The summed E-state index contributed by atoms with van der Waals surface area (Å²) in [7, 11) is 5.99. The lowest BCUT2D eigenvalue weighted by Gasteiger charge is -2.53. The first kappa shape index (κ1) is 26.3. The molecular weight excluding hydrogens is 467 g/mol. The molecule has 0 aliphatic carbocycles. The van der Waals surface area contributed by atoms with E-state index in [4.69, 9.17) is 0 Å². The minimum Gasteiger partial charge on any atom is -0.365 e. The van der Waals surface area contributed by atoms with Gasteiger partial charge >= 0.3 is 0 Å². The van der Waals surface area contributed by atoms with E-state index in [1.165, 1.54) is 6.20 Å². The third-order valence-corrected chi connectivity index (χ3v) is 7.31. The molecule has 3 aromatic rings. The summed E-state index contributed by atoms with van der Waals surface area (Å²) in [6, 6.07) is 11.6. The summed E-state index contributed by atoms with van der Waals surface area (Å²) in [5.74, 6) is 0.763. The maximum absolute atomic E-state index is 14.7. The molecule has 1 saturated heterocycles. The van der Waals surface area contributed by atoms with Gasteiger partial charge in [0.25, 0.3) is 0 Å². The first-order chi connectivity index (χ1) is 17.4. The first-order valence-electron chi connectivity index (χ1n) is 12.4. The summed E-state index contributed by atoms with van der Waals surface area (Å²) >= 11 is 0. The lowest BCUT2D eigenvalue weighted by Crippen LogP contribution is -2.61. The number of nitrogens with one attached hydrogen (secondary N) is 2. The van der Waals surface area contributed by atoms with Crippen LogP contribution in [-0.2, 0) is 0 Å². The molecule has 0 saturated carbocycles. The number of hydrogen-bond acceptors (Lipinski definition) is 8. The fraction of sp³-hybridized carbons (Fsp3) is 0.429. The van der Waals surface area contributed by atoms with Gasteiger partial charge < -0.3 is 15.5 Å². The smallest absolute Gasteiger partial charge is 0.229 e. The summed E-state index contributed by atoms with van der Waals surface area (Å²) in [6.07, 6.45) is 4.64. The number of nitrogens with zero attached hydrogens (tertiary/aromatic N) is 6. The number of anilines is 4. The molecule has 3 heterocycles. The fourth-order valence-corrected chi connectivity index (χ4v) is 5.10. The van der Waals surface area contributed by atoms with Crippen molar-refractivity contribution in [2.45, 2.75) is 57.7 Å². The second kappa shape index (κ2) is 9.94. The van der Waals surface area contributed by atoms with E-state index in [0.29, 0.717) is 11.3 Å². The van der Waals surface area contributed by atoms with E-state index in [1.54, 1.807) is 12.3 Å². The Balaban J connectivity index is 1.53. The lowest BCUT2D eigenvalue weighted by atomic mass is 9.77. The molecule has 2 aromatic heterocycles. The average Bonchev–Trinajstić information content (AvgIpc) is 2.84. The number of halogens is 1. The number of piperidine rings is 1. The van der Waals surface area contributed by atoms with Gasteiger partial charge in [-0.1, -0.05) is 6.07 Å². The number of pyridine rings is 1. The quantitative estimate of drug-likeness (QED) is 0.461. The standard InChI is InChI=1S/C28H35FN8/c1-27(2)13-21(14-28(3,4)37(27)7)33-25-23(29)17-32-26(35-25)34-20-9-10-22(19(12-20)15-30)18-8-11-24(31-16-18)36(5)6/h8-12,16-17,21H,13-14H2,1-7H3,(H2,32,33,34,35). The van der Waals surface area contributed by atoms with Gasteiger partial charge in [-0.15, -0.1) is 0 Å². The van der Waals surface area contributed by atoms with Crippen molar-refractivity contribution in [2.24, 2.45) is 0 Å². The highest BCUT2D eigenvalue weighted by Gasteiger charge is 2.43. The van der Waals surface area contributed by atoms with Crippen LogP contribution in [0.1, 0.15) is 46.1 Å². The number of hydrogen-bond donors (Lipinski definition) is 2. The van der Waals surface area contributed by atoms with Crippen molar-refractivity contribution in [3.05, 3.63) is 54.1 Å². The van der Waals surface area contributed by atoms with E-state index in [-0.39, 0.29) is 28.9 Å². The number of nitriles is 1. The molecule has 0 bridgehead atoms. The molecule has 1 fully saturated rings. The van der Waals surface area contributed by atoms with Gasteiger partial charge in [-0.3, -0.25) is 4.90 Å². The second-order valence-corrected chi connectivity index (χ2v) is 11.1. The molecule has 1 aliphatic rings. The highest BCUT2D eigenvalue weighted by molar-refractivity contribution is 5.74. The van der Waals surface area contributed by atoms with Gasteiger partial charge in [0.2, 0.25) is 5.95 Å². The number of likely N-dealkylation sites (tertiary alicyclic amines) is 1. The Kier molecular flexibility index (Phi) is 7.07. The first-order valence-corrected chi connectivity index (χ1v) is 12.4. The van der Waals surface area contributed by atoms with Crippen LogP contribution in [0.25, 0.3) is 11.1 Å². The Hall–Kier alpha value is -3.77. The van der Waals surface area contributed by atoms with Crippen molar-refractivity contribution in [2.75, 3.05) is 36.7 Å². The van der Waals surface area contributed by atoms with Crippen LogP contribution >= 0.6 is 0 Å². The molecule has 1 aliphatic heterocycles. The molecule has 4 rings (SSSR count). The second-order valence-electron chi connectivity index (χ2n) is 11.1. The van der Waals surface area contributed by atoms with Crippen molar-refractivity contribution in [1.82, 2.24) is 19.9 Å². The van der Waals surface area contributed by atoms with Crippen molar-refractivity contribution in [3.8, 4) is 17.2 Å². The molecule has 0 amide bonds. The Bertz CT molecular complexity index is 1290. The van der Waals surface area contributed by atoms with Gasteiger partial charge in [-0.05, 0) is 71.8 Å². The zero-order valence-corrected chi connectivity index (χ0v) is 22.6. The maximum atomic E-state index is 14.7. The van der Waals surface area contributed by atoms with Crippen LogP contribution in [-0.4, -0.2) is 58.1 Å².